The molecule has 0 saturated carbocycles. The monoisotopic (exact) mass is 467 g/mol. The van der Waals surface area contributed by atoms with Gasteiger partial charge in [-0.05, 0) is 30.3 Å². The number of methoxy groups -OCH3 is 2. The molecule has 10 heteroatoms. The first-order chi connectivity index (χ1) is 16.5. The van der Waals surface area contributed by atoms with Gasteiger partial charge < -0.3 is 33.4 Å². The molecule has 176 valence electrons. The molecule has 2 heterocycles. The smallest absolute Gasteiger partial charge is 0.340 e. The van der Waals surface area contributed by atoms with E-state index in [1.165, 1.54) is 44.7 Å². The quantitative estimate of drug-likeness (QED) is 0.392. The van der Waals surface area contributed by atoms with E-state index in [1.54, 1.807) is 18.2 Å². The first-order valence-corrected chi connectivity index (χ1v) is 10.2. The topological polar surface area (TPSA) is 123 Å². The van der Waals surface area contributed by atoms with E-state index in [1.807, 2.05) is 0 Å². The van der Waals surface area contributed by atoms with Crippen molar-refractivity contribution in [3.05, 3.63) is 65.6 Å². The zero-order valence-electron chi connectivity index (χ0n) is 18.4. The lowest BCUT2D eigenvalue weighted by Gasteiger charge is -2.18. The summed E-state index contributed by atoms with van der Waals surface area (Å²) in [5.74, 6) is -0.312. The van der Waals surface area contributed by atoms with Gasteiger partial charge in [0.15, 0.2) is 41.1 Å². The van der Waals surface area contributed by atoms with Crippen molar-refractivity contribution in [2.75, 3.05) is 39.4 Å². The molecule has 0 bridgehead atoms. The minimum Gasteiger partial charge on any atom is -0.493 e. The number of carbonyl (C=O) groups is 3. The number of carbonyl (C=O) groups excluding carboxylic acids is 3. The predicted molar refractivity (Wildman–Crippen MR) is 118 cm³/mol. The molecule has 10 nitrogen and oxygen atoms in total. The molecule has 1 aliphatic heterocycles. The Morgan fingerprint density at radius 2 is 1.68 bits per heavy atom. The Bertz CT molecular complexity index is 1220. The van der Waals surface area contributed by atoms with Crippen molar-refractivity contribution < 1.29 is 42.5 Å². The number of furan rings is 1. The number of ether oxygens (including phenoxy) is 5. The van der Waals surface area contributed by atoms with Crippen LogP contribution in [0.15, 0.2) is 53.1 Å². The molecule has 4 rings (SSSR count). The maximum atomic E-state index is 12.9. The van der Waals surface area contributed by atoms with Gasteiger partial charge in [-0.15, -0.1) is 0 Å². The summed E-state index contributed by atoms with van der Waals surface area (Å²) >= 11 is 0. The van der Waals surface area contributed by atoms with Gasteiger partial charge in [-0.25, -0.2) is 4.79 Å². The van der Waals surface area contributed by atoms with Crippen LogP contribution in [0.1, 0.15) is 31.3 Å². The van der Waals surface area contributed by atoms with E-state index in [0.717, 1.165) is 0 Å². The summed E-state index contributed by atoms with van der Waals surface area (Å²) in [5, 5.41) is 2.59. The lowest BCUT2D eigenvalue weighted by molar-refractivity contribution is 0.0475. The van der Waals surface area contributed by atoms with Gasteiger partial charge in [-0.2, -0.15) is 0 Å². The second-order valence-corrected chi connectivity index (χ2v) is 7.04. The molecular formula is C24H21NO9. The number of nitrogens with one attached hydrogen (secondary N) is 1. The molecule has 2 aromatic carbocycles. The molecule has 0 saturated heterocycles. The summed E-state index contributed by atoms with van der Waals surface area (Å²) in [5.41, 5.74) is 0.360. The van der Waals surface area contributed by atoms with Gasteiger partial charge >= 0.3 is 5.97 Å². The van der Waals surface area contributed by atoms with Crippen molar-refractivity contribution in [1.82, 2.24) is 0 Å². The third-order valence-corrected chi connectivity index (χ3v) is 4.94. The van der Waals surface area contributed by atoms with Crippen molar-refractivity contribution >= 4 is 23.3 Å². The highest BCUT2D eigenvalue weighted by Gasteiger charge is 2.22. The van der Waals surface area contributed by atoms with E-state index in [2.05, 4.69) is 5.32 Å². The third kappa shape index (κ3) is 4.80. The Labute approximate surface area is 194 Å². The predicted octanol–water partition coefficient (Wildman–Crippen LogP) is 3.36. The average molecular weight is 467 g/mol. The van der Waals surface area contributed by atoms with Crippen molar-refractivity contribution in [1.29, 1.82) is 0 Å². The number of hydrogen-bond acceptors (Lipinski definition) is 9. The molecule has 3 aromatic rings. The van der Waals surface area contributed by atoms with Gasteiger partial charge in [0.25, 0.3) is 5.91 Å². The maximum absolute atomic E-state index is 12.9. The summed E-state index contributed by atoms with van der Waals surface area (Å²) in [4.78, 5) is 38.0. The summed E-state index contributed by atoms with van der Waals surface area (Å²) in [6, 6.07) is 10.5. The molecule has 1 aliphatic rings. The lowest BCUT2D eigenvalue weighted by Crippen LogP contribution is -2.19. The Morgan fingerprint density at radius 1 is 0.941 bits per heavy atom. The van der Waals surface area contributed by atoms with Gasteiger partial charge in [0.2, 0.25) is 0 Å². The highest BCUT2D eigenvalue weighted by Crippen LogP contribution is 2.34. The minimum absolute atomic E-state index is 0.0347. The Hall–Kier alpha value is -4.47. The van der Waals surface area contributed by atoms with Crippen LogP contribution < -0.4 is 24.3 Å². The largest absolute Gasteiger partial charge is 0.493 e. The zero-order valence-corrected chi connectivity index (χ0v) is 18.4. The van der Waals surface area contributed by atoms with Crippen LogP contribution in [0.5, 0.6) is 23.0 Å². The number of hydrogen-bond donors (Lipinski definition) is 1. The van der Waals surface area contributed by atoms with Crippen molar-refractivity contribution in [2.24, 2.45) is 0 Å². The summed E-state index contributed by atoms with van der Waals surface area (Å²) in [7, 11) is 2.82. The molecule has 0 unspecified atom stereocenters. The number of ketones is 1. The second-order valence-electron chi connectivity index (χ2n) is 7.04. The molecular weight excluding hydrogens is 446 g/mol. The molecule has 34 heavy (non-hydrogen) atoms. The third-order valence-electron chi connectivity index (χ3n) is 4.94. The van der Waals surface area contributed by atoms with Gasteiger partial charge in [0, 0.05) is 17.7 Å². The highest BCUT2D eigenvalue weighted by atomic mass is 16.6. The molecule has 0 spiro atoms. The first-order valence-electron chi connectivity index (χ1n) is 10.2. The van der Waals surface area contributed by atoms with Crippen LogP contribution in [0.2, 0.25) is 0 Å². The van der Waals surface area contributed by atoms with Crippen LogP contribution in [0, 0.1) is 0 Å². The van der Waals surface area contributed by atoms with Crippen LogP contribution in [0.3, 0.4) is 0 Å². The molecule has 0 aliphatic carbocycles. The Morgan fingerprint density at radius 3 is 2.38 bits per heavy atom. The normalized spacial score (nSPS) is 11.9. The summed E-state index contributed by atoms with van der Waals surface area (Å²) in [6.45, 7) is 0.284. The fraction of sp³-hybridized carbons (Fsp3) is 0.208. The van der Waals surface area contributed by atoms with Gasteiger partial charge in [-0.1, -0.05) is 0 Å². The summed E-state index contributed by atoms with van der Waals surface area (Å²) < 4.78 is 31.8. The lowest BCUT2D eigenvalue weighted by atomic mass is 10.1. The minimum atomic E-state index is -0.846. The van der Waals surface area contributed by atoms with Crippen molar-refractivity contribution in [3.8, 4) is 23.0 Å². The summed E-state index contributed by atoms with van der Waals surface area (Å²) in [6.07, 6.45) is 1.35. The maximum Gasteiger partial charge on any atom is 0.340 e. The number of amides is 1. The molecule has 1 amide bonds. The second kappa shape index (κ2) is 9.99. The Kier molecular flexibility index (Phi) is 6.67. The van der Waals surface area contributed by atoms with Crippen LogP contribution >= 0.6 is 0 Å². The standard InChI is InChI=1S/C24H21NO9/c1-29-20-11-15(16(12-21(20)30-2)25-23(27)19-4-3-7-31-19)24(28)34-13-17(26)14-5-6-18-22(10-14)33-9-8-32-18/h3-7,10-12H,8-9,13H2,1-2H3,(H,25,27). The number of anilines is 1. The van der Waals surface area contributed by atoms with Crippen LogP contribution in [0.25, 0.3) is 0 Å². The molecule has 0 atom stereocenters. The number of benzene rings is 2. The van der Waals surface area contributed by atoms with Gasteiger partial charge in [-0.3, -0.25) is 9.59 Å². The van der Waals surface area contributed by atoms with E-state index in [0.29, 0.717) is 30.3 Å². The van der Waals surface area contributed by atoms with Gasteiger partial charge in [0.1, 0.15) is 13.2 Å². The van der Waals surface area contributed by atoms with E-state index in [9.17, 15) is 14.4 Å². The molecule has 0 fully saturated rings. The SMILES string of the molecule is COc1cc(NC(=O)c2ccco2)c(C(=O)OCC(=O)c2ccc3c(c2)OCCO3)cc1OC. The number of rotatable bonds is 8. The number of esters is 1. The van der Waals surface area contributed by atoms with E-state index in [-0.39, 0.29) is 28.5 Å². The van der Waals surface area contributed by atoms with E-state index >= 15 is 0 Å². The average Bonchev–Trinajstić information content (AvgIpc) is 3.41. The fourth-order valence-corrected chi connectivity index (χ4v) is 3.25. The number of Topliss-reactive ketones (excluding diaryl/α,β-unsaturated/α-hetero) is 1. The molecule has 0 radical (unpaired) electrons. The molecule has 1 N–H and O–H groups in total. The highest BCUT2D eigenvalue weighted by molar-refractivity contribution is 6.08. The first kappa shape index (κ1) is 22.7. The van der Waals surface area contributed by atoms with Crippen LogP contribution in [0.4, 0.5) is 5.69 Å². The van der Waals surface area contributed by atoms with E-state index < -0.39 is 24.3 Å². The van der Waals surface area contributed by atoms with Gasteiger partial charge in [0.05, 0.1) is 31.7 Å². The van der Waals surface area contributed by atoms with Crippen LogP contribution in [-0.2, 0) is 4.74 Å². The van der Waals surface area contributed by atoms with Crippen molar-refractivity contribution in [3.63, 3.8) is 0 Å². The fourth-order valence-electron chi connectivity index (χ4n) is 3.25. The Balaban J connectivity index is 1.53. The van der Waals surface area contributed by atoms with Crippen molar-refractivity contribution in [2.45, 2.75) is 0 Å². The van der Waals surface area contributed by atoms with Crippen LogP contribution in [-0.4, -0.2) is 51.7 Å². The van der Waals surface area contributed by atoms with E-state index in [4.69, 9.17) is 28.1 Å². The number of fused-ring (bicyclic) bond motifs is 1. The molecule has 1 aromatic heterocycles. The zero-order chi connectivity index (χ0) is 24.1.